The summed E-state index contributed by atoms with van der Waals surface area (Å²) in [5.41, 5.74) is 3.50. The molecule has 0 radical (unpaired) electrons. The van der Waals surface area contributed by atoms with Crippen molar-refractivity contribution in [1.82, 2.24) is 15.3 Å². The number of amides is 1. The van der Waals surface area contributed by atoms with Gasteiger partial charge in [0.1, 0.15) is 0 Å². The van der Waals surface area contributed by atoms with Gasteiger partial charge < -0.3 is 5.32 Å². The van der Waals surface area contributed by atoms with Gasteiger partial charge in [-0.2, -0.15) is 0 Å². The van der Waals surface area contributed by atoms with E-state index in [0.29, 0.717) is 16.3 Å². The summed E-state index contributed by atoms with van der Waals surface area (Å²) in [7, 11) is 0. The lowest BCUT2D eigenvalue weighted by Crippen LogP contribution is -2.56. The van der Waals surface area contributed by atoms with E-state index in [1.54, 1.807) is 0 Å². The first-order valence-corrected chi connectivity index (χ1v) is 11.1. The van der Waals surface area contributed by atoms with Gasteiger partial charge >= 0.3 is 0 Å². The first-order valence-electron chi connectivity index (χ1n) is 10.1. The van der Waals surface area contributed by atoms with E-state index in [2.05, 4.69) is 22.2 Å². The highest BCUT2D eigenvalue weighted by atomic mass is 32.2. The summed E-state index contributed by atoms with van der Waals surface area (Å²) < 4.78 is 0. The molecular formula is C21H31N3OS. The fourth-order valence-electron chi connectivity index (χ4n) is 6.08. The number of aryl methyl sites for hydroxylation is 2. The van der Waals surface area contributed by atoms with Crippen LogP contribution in [0.3, 0.4) is 0 Å². The number of nitrogens with zero attached hydrogens (tertiary/aromatic N) is 2. The van der Waals surface area contributed by atoms with E-state index in [4.69, 9.17) is 0 Å². The fraction of sp³-hybridized carbons (Fsp3) is 0.762. The van der Waals surface area contributed by atoms with Gasteiger partial charge in [-0.05, 0) is 95.0 Å². The van der Waals surface area contributed by atoms with Crippen LogP contribution in [0.25, 0.3) is 0 Å². The van der Waals surface area contributed by atoms with Crippen LogP contribution >= 0.6 is 11.8 Å². The number of aromatic nitrogens is 2. The van der Waals surface area contributed by atoms with Gasteiger partial charge in [-0.25, -0.2) is 9.97 Å². The molecule has 1 N–H and O–H groups in total. The van der Waals surface area contributed by atoms with Crippen molar-refractivity contribution in [2.45, 2.75) is 77.4 Å². The molecule has 5 rings (SSSR count). The molecule has 26 heavy (non-hydrogen) atoms. The Morgan fingerprint density at radius 3 is 2.08 bits per heavy atom. The zero-order chi connectivity index (χ0) is 18.5. The van der Waals surface area contributed by atoms with Gasteiger partial charge in [-0.1, -0.05) is 11.8 Å². The van der Waals surface area contributed by atoms with Crippen molar-refractivity contribution in [3.05, 3.63) is 17.0 Å². The van der Waals surface area contributed by atoms with Crippen LogP contribution in [-0.2, 0) is 4.79 Å². The lowest BCUT2D eigenvalue weighted by atomic mass is 9.48. The third-order valence-corrected chi connectivity index (χ3v) is 8.17. The predicted molar refractivity (Wildman–Crippen MR) is 105 cm³/mol. The lowest BCUT2D eigenvalue weighted by Gasteiger charge is -2.59. The molecule has 4 bridgehead atoms. The second-order valence-corrected chi connectivity index (χ2v) is 10.1. The van der Waals surface area contributed by atoms with Crippen molar-refractivity contribution < 1.29 is 4.79 Å². The van der Waals surface area contributed by atoms with Crippen molar-refractivity contribution in [1.29, 1.82) is 0 Å². The topological polar surface area (TPSA) is 54.9 Å². The van der Waals surface area contributed by atoms with Crippen LogP contribution < -0.4 is 5.32 Å². The Labute approximate surface area is 161 Å². The van der Waals surface area contributed by atoms with Gasteiger partial charge in [0.05, 0.1) is 5.75 Å². The molecule has 0 unspecified atom stereocenters. The van der Waals surface area contributed by atoms with Gasteiger partial charge in [0.2, 0.25) is 5.91 Å². The molecule has 1 atom stereocenters. The molecule has 0 saturated heterocycles. The molecule has 142 valence electrons. The van der Waals surface area contributed by atoms with Crippen LogP contribution in [0.15, 0.2) is 5.16 Å². The molecule has 0 aromatic carbocycles. The van der Waals surface area contributed by atoms with E-state index in [1.165, 1.54) is 50.3 Å². The Hall–Kier alpha value is -1.10. The number of hydrogen-bond acceptors (Lipinski definition) is 4. The molecule has 4 nitrogen and oxygen atoms in total. The summed E-state index contributed by atoms with van der Waals surface area (Å²) in [6.45, 7) is 8.29. The van der Waals surface area contributed by atoms with Gasteiger partial charge in [-0.15, -0.1) is 0 Å². The molecule has 4 aliphatic rings. The maximum absolute atomic E-state index is 12.6. The van der Waals surface area contributed by atoms with Gasteiger partial charge in [-0.3, -0.25) is 4.79 Å². The summed E-state index contributed by atoms with van der Waals surface area (Å²) in [5, 5.41) is 4.04. The fourth-order valence-corrected chi connectivity index (χ4v) is 6.83. The second-order valence-electron chi connectivity index (χ2n) is 9.16. The van der Waals surface area contributed by atoms with E-state index in [-0.39, 0.29) is 11.9 Å². The Bertz CT molecular complexity index is 659. The minimum atomic E-state index is 0.123. The molecule has 0 spiro atoms. The Morgan fingerprint density at radius 1 is 1.08 bits per heavy atom. The normalized spacial score (nSPS) is 33.3. The molecule has 1 heterocycles. The zero-order valence-corrected chi connectivity index (χ0v) is 17.3. The third kappa shape index (κ3) is 3.39. The van der Waals surface area contributed by atoms with Crippen LogP contribution in [0.5, 0.6) is 0 Å². The number of hydrogen-bond donors (Lipinski definition) is 1. The summed E-state index contributed by atoms with van der Waals surface area (Å²) in [4.78, 5) is 21.6. The van der Waals surface area contributed by atoms with Gasteiger partial charge in [0.25, 0.3) is 0 Å². The maximum Gasteiger partial charge on any atom is 0.230 e. The minimum absolute atomic E-state index is 0.123. The standard InChI is InChI=1S/C21H31N3OS/c1-12-13(2)22-20(23-14(12)3)26-11-19(25)24-15(4)21-8-16-5-17(9-21)7-18(6-16)10-21/h15-18H,5-11H2,1-4H3,(H,24,25)/t15-,16?,17?,18?,21?/m0/s1. The predicted octanol–water partition coefficient (Wildman–Crippen LogP) is 4.22. The van der Waals surface area contributed by atoms with Crippen LogP contribution in [0.1, 0.15) is 62.4 Å². The smallest absolute Gasteiger partial charge is 0.230 e. The van der Waals surface area contributed by atoms with Crippen LogP contribution in [0, 0.1) is 43.9 Å². The molecule has 4 aliphatic carbocycles. The number of thioether (sulfide) groups is 1. The van der Waals surface area contributed by atoms with Gasteiger partial charge in [0.15, 0.2) is 5.16 Å². The SMILES string of the molecule is Cc1nc(SCC(=O)N[C@@H](C)C23CC4CC(CC(C4)C2)C3)nc(C)c1C. The number of carbonyl (C=O) groups is 1. The summed E-state index contributed by atoms with van der Waals surface area (Å²) in [6.07, 6.45) is 8.31. The van der Waals surface area contributed by atoms with Crippen molar-refractivity contribution >= 4 is 17.7 Å². The Balaban J connectivity index is 1.35. The number of carbonyl (C=O) groups excluding carboxylic acids is 1. The van der Waals surface area contributed by atoms with Gasteiger partial charge in [0, 0.05) is 17.4 Å². The molecule has 1 amide bonds. The Morgan fingerprint density at radius 2 is 1.58 bits per heavy atom. The Kier molecular flexibility index (Phi) is 4.79. The minimum Gasteiger partial charge on any atom is -0.352 e. The van der Waals surface area contributed by atoms with E-state index < -0.39 is 0 Å². The van der Waals surface area contributed by atoms with E-state index >= 15 is 0 Å². The first-order chi connectivity index (χ1) is 12.3. The second kappa shape index (κ2) is 6.81. The average Bonchev–Trinajstić information content (AvgIpc) is 2.56. The average molecular weight is 374 g/mol. The highest BCUT2D eigenvalue weighted by molar-refractivity contribution is 7.99. The third-order valence-electron chi connectivity index (χ3n) is 7.33. The molecule has 4 saturated carbocycles. The van der Waals surface area contributed by atoms with Crippen molar-refractivity contribution in [3.8, 4) is 0 Å². The molecule has 1 aromatic heterocycles. The van der Waals surface area contributed by atoms with Crippen molar-refractivity contribution in [2.24, 2.45) is 23.2 Å². The number of nitrogens with one attached hydrogen (secondary N) is 1. The highest BCUT2D eigenvalue weighted by Crippen LogP contribution is 2.61. The molecular weight excluding hydrogens is 342 g/mol. The van der Waals surface area contributed by atoms with Crippen molar-refractivity contribution in [3.63, 3.8) is 0 Å². The molecule has 1 aromatic rings. The summed E-state index contributed by atoms with van der Waals surface area (Å²) >= 11 is 1.45. The monoisotopic (exact) mass is 373 g/mol. The van der Waals surface area contributed by atoms with Crippen LogP contribution in [0.2, 0.25) is 0 Å². The summed E-state index contributed by atoms with van der Waals surface area (Å²) in [5.74, 6) is 3.28. The molecule has 0 aliphatic heterocycles. The quantitative estimate of drug-likeness (QED) is 0.620. The lowest BCUT2D eigenvalue weighted by molar-refractivity contribution is -0.123. The van der Waals surface area contributed by atoms with Crippen LogP contribution in [0.4, 0.5) is 0 Å². The van der Waals surface area contributed by atoms with Crippen molar-refractivity contribution in [2.75, 3.05) is 5.75 Å². The highest BCUT2D eigenvalue weighted by Gasteiger charge is 2.53. The summed E-state index contributed by atoms with van der Waals surface area (Å²) in [6, 6.07) is 0.284. The number of rotatable bonds is 5. The largest absolute Gasteiger partial charge is 0.352 e. The zero-order valence-electron chi connectivity index (χ0n) is 16.5. The maximum atomic E-state index is 12.6. The molecule has 4 fully saturated rings. The van der Waals surface area contributed by atoms with E-state index in [1.807, 2.05) is 20.8 Å². The first kappa shape index (κ1) is 18.3. The molecule has 5 heteroatoms. The van der Waals surface area contributed by atoms with E-state index in [0.717, 1.165) is 34.7 Å². The van der Waals surface area contributed by atoms with Crippen LogP contribution in [-0.4, -0.2) is 27.7 Å². The van der Waals surface area contributed by atoms with E-state index in [9.17, 15) is 4.79 Å².